The summed E-state index contributed by atoms with van der Waals surface area (Å²) >= 11 is 0. The quantitative estimate of drug-likeness (QED) is 0.278. The van der Waals surface area contributed by atoms with Gasteiger partial charge in [0.25, 0.3) is 5.91 Å². The van der Waals surface area contributed by atoms with Crippen molar-refractivity contribution in [1.82, 2.24) is 5.32 Å². The van der Waals surface area contributed by atoms with Crippen LogP contribution in [0, 0.1) is 25.2 Å². The predicted octanol–water partition coefficient (Wildman–Crippen LogP) is 4.59. The predicted molar refractivity (Wildman–Crippen MR) is 124 cm³/mol. The van der Waals surface area contributed by atoms with Crippen molar-refractivity contribution in [3.8, 4) is 23.3 Å². The lowest BCUT2D eigenvalue weighted by Crippen LogP contribution is -2.23. The highest BCUT2D eigenvalue weighted by atomic mass is 16.5. The minimum Gasteiger partial charge on any atom is -0.493 e. The van der Waals surface area contributed by atoms with Crippen LogP contribution in [-0.4, -0.2) is 26.2 Å². The Kier molecular flexibility index (Phi) is 8.14. The number of methoxy groups -OCH3 is 1. The summed E-state index contributed by atoms with van der Waals surface area (Å²) in [5, 5.41) is 12.1. The molecule has 0 aliphatic rings. The van der Waals surface area contributed by atoms with Crippen LogP contribution in [0.1, 0.15) is 22.5 Å². The number of aryl methyl sites for hydroxylation is 2. The third-order valence-electron chi connectivity index (χ3n) is 4.80. The maximum atomic E-state index is 12.3. The SMILES string of the molecule is COc1cc(/C=C(\C#N)C(=O)NCc2ccco2)ccc1OCCOc1ccc(C)cc1C. The number of nitrogens with one attached hydrogen (secondary N) is 1. The van der Waals surface area contributed by atoms with Crippen molar-refractivity contribution in [1.29, 1.82) is 5.26 Å². The Morgan fingerprint density at radius 2 is 1.82 bits per heavy atom. The molecule has 0 unspecified atom stereocenters. The van der Waals surface area contributed by atoms with E-state index in [9.17, 15) is 10.1 Å². The number of carbonyl (C=O) groups is 1. The molecule has 0 fully saturated rings. The van der Waals surface area contributed by atoms with Crippen molar-refractivity contribution in [2.45, 2.75) is 20.4 Å². The molecule has 0 aliphatic heterocycles. The minimum absolute atomic E-state index is 0.0286. The van der Waals surface area contributed by atoms with Crippen LogP contribution in [0.2, 0.25) is 0 Å². The average molecular weight is 447 g/mol. The molecule has 0 atom stereocenters. The molecule has 7 nitrogen and oxygen atoms in total. The van der Waals surface area contributed by atoms with E-state index in [1.165, 1.54) is 25.0 Å². The summed E-state index contributed by atoms with van der Waals surface area (Å²) in [6.45, 7) is 4.95. The van der Waals surface area contributed by atoms with Crippen LogP contribution in [0.3, 0.4) is 0 Å². The summed E-state index contributed by atoms with van der Waals surface area (Å²) in [4.78, 5) is 12.3. The minimum atomic E-state index is -0.489. The molecule has 3 aromatic rings. The van der Waals surface area contributed by atoms with Gasteiger partial charge in [0.15, 0.2) is 11.5 Å². The number of rotatable bonds is 10. The lowest BCUT2D eigenvalue weighted by Gasteiger charge is -2.13. The lowest BCUT2D eigenvalue weighted by atomic mass is 10.1. The summed E-state index contributed by atoms with van der Waals surface area (Å²) in [7, 11) is 1.53. The molecule has 0 spiro atoms. The van der Waals surface area contributed by atoms with Gasteiger partial charge in [-0.2, -0.15) is 5.26 Å². The molecule has 7 heteroatoms. The lowest BCUT2D eigenvalue weighted by molar-refractivity contribution is -0.117. The van der Waals surface area contributed by atoms with E-state index in [2.05, 4.69) is 11.4 Å². The van der Waals surface area contributed by atoms with E-state index >= 15 is 0 Å². The molecule has 170 valence electrons. The number of ether oxygens (including phenoxy) is 3. The van der Waals surface area contributed by atoms with Crippen LogP contribution in [0.5, 0.6) is 17.2 Å². The van der Waals surface area contributed by atoms with Gasteiger partial charge in [0.1, 0.15) is 36.4 Å². The molecule has 1 amide bonds. The largest absolute Gasteiger partial charge is 0.493 e. The summed E-state index contributed by atoms with van der Waals surface area (Å²) in [5.74, 6) is 1.97. The Morgan fingerprint density at radius 3 is 2.48 bits per heavy atom. The molecule has 0 radical (unpaired) electrons. The van der Waals surface area contributed by atoms with E-state index in [0.29, 0.717) is 36.0 Å². The first kappa shape index (κ1) is 23.5. The van der Waals surface area contributed by atoms with Gasteiger partial charge in [0.05, 0.1) is 19.9 Å². The molecular formula is C26H26N2O5. The second-order valence-electron chi connectivity index (χ2n) is 7.31. The molecule has 3 rings (SSSR count). The van der Waals surface area contributed by atoms with Gasteiger partial charge >= 0.3 is 0 Å². The van der Waals surface area contributed by atoms with Crippen LogP contribution < -0.4 is 19.5 Å². The number of hydrogen-bond acceptors (Lipinski definition) is 6. The zero-order valence-electron chi connectivity index (χ0n) is 18.9. The fourth-order valence-corrected chi connectivity index (χ4v) is 3.15. The van der Waals surface area contributed by atoms with Gasteiger partial charge < -0.3 is 23.9 Å². The fourth-order valence-electron chi connectivity index (χ4n) is 3.15. The maximum Gasteiger partial charge on any atom is 0.262 e. The monoisotopic (exact) mass is 446 g/mol. The van der Waals surface area contributed by atoms with Crippen molar-refractivity contribution in [2.75, 3.05) is 20.3 Å². The maximum absolute atomic E-state index is 12.3. The van der Waals surface area contributed by atoms with Gasteiger partial charge in [-0.3, -0.25) is 4.79 Å². The van der Waals surface area contributed by atoms with E-state index in [0.717, 1.165) is 11.3 Å². The van der Waals surface area contributed by atoms with E-state index in [4.69, 9.17) is 18.6 Å². The van der Waals surface area contributed by atoms with Gasteiger partial charge in [-0.05, 0) is 61.4 Å². The van der Waals surface area contributed by atoms with E-state index in [1.807, 2.05) is 32.0 Å². The Balaban J connectivity index is 1.59. The number of furan rings is 1. The second-order valence-corrected chi connectivity index (χ2v) is 7.31. The third-order valence-corrected chi connectivity index (χ3v) is 4.80. The van der Waals surface area contributed by atoms with Crippen molar-refractivity contribution < 1.29 is 23.4 Å². The van der Waals surface area contributed by atoms with Gasteiger partial charge in [-0.15, -0.1) is 0 Å². The number of amides is 1. The zero-order chi connectivity index (χ0) is 23.6. The molecule has 0 aliphatic carbocycles. The number of nitrogens with zero attached hydrogens (tertiary/aromatic N) is 1. The standard InChI is InChI=1S/C26H26N2O5/c1-18-6-8-23(19(2)13-18)32-11-12-33-24-9-7-20(15-25(24)30-3)14-21(16-27)26(29)28-17-22-5-4-10-31-22/h4-10,13-15H,11-12,17H2,1-3H3,(H,28,29)/b21-14+. The van der Waals surface area contributed by atoms with Gasteiger partial charge in [0, 0.05) is 0 Å². The van der Waals surface area contributed by atoms with Crippen molar-refractivity contribution >= 4 is 12.0 Å². The topological polar surface area (TPSA) is 93.7 Å². The number of benzene rings is 2. The first-order valence-corrected chi connectivity index (χ1v) is 10.4. The van der Waals surface area contributed by atoms with Crippen LogP contribution >= 0.6 is 0 Å². The fraction of sp³-hybridized carbons (Fsp3) is 0.231. The van der Waals surface area contributed by atoms with Crippen LogP contribution in [-0.2, 0) is 11.3 Å². The number of carbonyl (C=O) groups excluding carboxylic acids is 1. The summed E-state index contributed by atoms with van der Waals surface area (Å²) in [6, 6.07) is 16.6. The highest BCUT2D eigenvalue weighted by Gasteiger charge is 2.11. The van der Waals surface area contributed by atoms with Gasteiger partial charge in [0.2, 0.25) is 0 Å². The average Bonchev–Trinajstić information content (AvgIpc) is 3.34. The van der Waals surface area contributed by atoms with Crippen molar-refractivity contribution in [2.24, 2.45) is 0 Å². The highest BCUT2D eigenvalue weighted by Crippen LogP contribution is 2.29. The third kappa shape index (κ3) is 6.65. The first-order valence-electron chi connectivity index (χ1n) is 10.4. The molecule has 0 bridgehead atoms. The number of hydrogen-bond donors (Lipinski definition) is 1. The smallest absolute Gasteiger partial charge is 0.262 e. The molecule has 0 saturated carbocycles. The molecule has 1 heterocycles. The summed E-state index contributed by atoms with van der Waals surface area (Å²) in [5.41, 5.74) is 2.87. The number of nitriles is 1. The van der Waals surface area contributed by atoms with E-state index < -0.39 is 5.91 Å². The first-order chi connectivity index (χ1) is 16.0. The molecule has 1 N–H and O–H groups in total. The highest BCUT2D eigenvalue weighted by molar-refractivity contribution is 6.01. The van der Waals surface area contributed by atoms with Crippen molar-refractivity contribution in [3.05, 3.63) is 82.8 Å². The van der Waals surface area contributed by atoms with E-state index in [-0.39, 0.29) is 12.1 Å². The summed E-state index contributed by atoms with van der Waals surface area (Å²) < 4.78 is 22.2. The Morgan fingerprint density at radius 1 is 1.06 bits per heavy atom. The molecular weight excluding hydrogens is 420 g/mol. The second kappa shape index (κ2) is 11.4. The molecule has 1 aromatic heterocycles. The Hall–Kier alpha value is -4.18. The van der Waals surface area contributed by atoms with Crippen LogP contribution in [0.25, 0.3) is 6.08 Å². The Labute approximate surface area is 193 Å². The Bertz CT molecular complexity index is 1160. The molecule has 2 aromatic carbocycles. The molecule has 0 saturated heterocycles. The van der Waals surface area contributed by atoms with Crippen LogP contribution in [0.15, 0.2) is 64.8 Å². The normalized spacial score (nSPS) is 10.9. The van der Waals surface area contributed by atoms with Gasteiger partial charge in [-0.1, -0.05) is 23.8 Å². The van der Waals surface area contributed by atoms with E-state index in [1.54, 1.807) is 30.3 Å². The van der Waals surface area contributed by atoms with Crippen molar-refractivity contribution in [3.63, 3.8) is 0 Å². The van der Waals surface area contributed by atoms with Crippen LogP contribution in [0.4, 0.5) is 0 Å². The zero-order valence-corrected chi connectivity index (χ0v) is 18.9. The molecule has 33 heavy (non-hydrogen) atoms. The van der Waals surface area contributed by atoms with Gasteiger partial charge in [-0.25, -0.2) is 0 Å². The summed E-state index contributed by atoms with van der Waals surface area (Å²) in [6.07, 6.45) is 3.02.